The molecule has 0 unspecified atom stereocenters. The molecule has 0 spiro atoms. The van der Waals surface area contributed by atoms with Gasteiger partial charge in [0.2, 0.25) is 0 Å². The van der Waals surface area contributed by atoms with Gasteiger partial charge >= 0.3 is 5.71 Å². The molecule has 0 atom stereocenters. The van der Waals surface area contributed by atoms with Crippen molar-refractivity contribution in [3.05, 3.63) is 39.6 Å². The molecule has 1 aromatic carbocycles. The molecule has 0 aliphatic carbocycles. The molecule has 0 radical (unpaired) electrons. The molecule has 3 aromatic rings. The van der Waals surface area contributed by atoms with Crippen LogP contribution in [0.25, 0.3) is 16.5 Å². The number of fused-ring (bicyclic) bond motifs is 2. The van der Waals surface area contributed by atoms with E-state index in [1.54, 1.807) is 7.11 Å². The number of aromatic nitrogens is 1. The Morgan fingerprint density at radius 2 is 1.81 bits per heavy atom. The lowest BCUT2D eigenvalue weighted by molar-refractivity contribution is -0.674. The Hall–Kier alpha value is -2.10. The zero-order valence-corrected chi connectivity index (χ0v) is 23.2. The maximum Gasteiger partial charge on any atom is 0.392 e. The highest BCUT2D eigenvalue weighted by Crippen LogP contribution is 2.48. The van der Waals surface area contributed by atoms with Gasteiger partial charge in [-0.25, -0.2) is 0 Å². The summed E-state index contributed by atoms with van der Waals surface area (Å²) in [6.07, 6.45) is 2.38. The number of thioether (sulfide) groups is 1. The van der Waals surface area contributed by atoms with E-state index in [4.69, 9.17) is 9.15 Å². The lowest BCUT2D eigenvalue weighted by Gasteiger charge is -2.20. The number of furan rings is 1. The molecule has 10 nitrogen and oxygen atoms in total. The van der Waals surface area contributed by atoms with Gasteiger partial charge in [-0.1, -0.05) is 23.1 Å². The highest BCUT2D eigenvalue weighted by molar-refractivity contribution is 8.04. The molecule has 0 saturated heterocycles. The second kappa shape index (κ2) is 10.3. The maximum absolute atomic E-state index is 11.3. The summed E-state index contributed by atoms with van der Waals surface area (Å²) in [6.45, 7) is 4.50. The number of benzene rings is 1. The molecule has 0 saturated carbocycles. The maximum atomic E-state index is 11.3. The topological polar surface area (TPSA) is 138 Å². The summed E-state index contributed by atoms with van der Waals surface area (Å²) in [7, 11) is -6.61. The third kappa shape index (κ3) is 6.06. The molecule has 14 heteroatoms. The van der Waals surface area contributed by atoms with Crippen LogP contribution in [0.2, 0.25) is 0 Å². The highest BCUT2D eigenvalue weighted by Gasteiger charge is 2.31. The summed E-state index contributed by atoms with van der Waals surface area (Å²) in [4.78, 5) is 2.95. The van der Waals surface area contributed by atoms with Gasteiger partial charge in [-0.05, 0) is 32.4 Å². The first-order valence-corrected chi connectivity index (χ1v) is 15.9. The number of aryl methyl sites for hydroxylation is 3. The van der Waals surface area contributed by atoms with Crippen LogP contribution in [0.15, 0.2) is 32.5 Å². The van der Waals surface area contributed by atoms with E-state index in [0.717, 1.165) is 36.6 Å². The van der Waals surface area contributed by atoms with Crippen molar-refractivity contribution in [2.24, 2.45) is 0 Å². The number of hydrogen-bond donors (Lipinski definition) is 2. The van der Waals surface area contributed by atoms with E-state index in [1.807, 2.05) is 47.6 Å². The predicted octanol–water partition coefficient (Wildman–Crippen LogP) is 3.87. The first-order valence-electron chi connectivity index (χ1n) is 11.0. The van der Waals surface area contributed by atoms with Gasteiger partial charge in [0.15, 0.2) is 11.2 Å². The quantitative estimate of drug-likeness (QED) is 0.271. The molecule has 1 aliphatic rings. The Morgan fingerprint density at radius 1 is 1.11 bits per heavy atom. The monoisotopic (exact) mass is 575 g/mol. The van der Waals surface area contributed by atoms with Gasteiger partial charge in [0.25, 0.3) is 25.2 Å². The van der Waals surface area contributed by atoms with Gasteiger partial charge in [0.1, 0.15) is 11.5 Å². The minimum atomic E-state index is -4.09. The Bertz CT molecular complexity index is 1540. The van der Waals surface area contributed by atoms with E-state index >= 15 is 0 Å². The minimum absolute atomic E-state index is 0.201. The standard InChI is InChI=1S/C22H26N2O8S4/c1-14-15(2)32-22-21(14)34-20(24(22)9-5-11-36(28,29)30)13-19-23(8-4-10-35(25,26)27)17-12-16(31-3)6-7-18(17)33-19/h6-7,12-13H,4-5,8-11H2,1-3H3,(H-,25,26,27,28,29,30)/p+1. The number of thiazole rings is 1. The molecule has 3 heterocycles. The number of ether oxygens (including phenoxy) is 1. The molecular weight excluding hydrogens is 549 g/mol. The van der Waals surface area contributed by atoms with Crippen molar-refractivity contribution in [2.45, 2.75) is 38.1 Å². The van der Waals surface area contributed by atoms with Crippen LogP contribution >= 0.6 is 23.1 Å². The van der Waals surface area contributed by atoms with Crippen molar-refractivity contribution >= 4 is 65.5 Å². The molecule has 36 heavy (non-hydrogen) atoms. The van der Waals surface area contributed by atoms with Crippen molar-refractivity contribution in [2.75, 3.05) is 30.1 Å². The van der Waals surface area contributed by atoms with E-state index in [-0.39, 0.29) is 24.3 Å². The van der Waals surface area contributed by atoms with Crippen LogP contribution in [0.4, 0.5) is 5.69 Å². The van der Waals surface area contributed by atoms with Gasteiger partial charge in [-0.2, -0.15) is 16.8 Å². The molecule has 2 N–H and O–H groups in total. The zero-order valence-electron chi connectivity index (χ0n) is 19.9. The molecule has 0 bridgehead atoms. The third-order valence-corrected chi connectivity index (χ3v) is 9.74. The Labute approximate surface area is 218 Å². The molecule has 0 amide bonds. The van der Waals surface area contributed by atoms with E-state index in [1.165, 1.54) is 23.1 Å². The Morgan fingerprint density at radius 3 is 2.47 bits per heavy atom. The number of hydrogen-bond acceptors (Lipinski definition) is 9. The summed E-state index contributed by atoms with van der Waals surface area (Å²) in [5, 5.41) is 1.67. The Kier molecular flexibility index (Phi) is 7.74. The second-order valence-corrected chi connectivity index (χ2v) is 13.6. The zero-order chi connectivity index (χ0) is 26.3. The van der Waals surface area contributed by atoms with Crippen LogP contribution < -0.4 is 14.2 Å². The summed E-state index contributed by atoms with van der Waals surface area (Å²) in [6, 6.07) is 5.67. The van der Waals surface area contributed by atoms with Crippen LogP contribution in [0.1, 0.15) is 29.2 Å². The molecule has 4 rings (SSSR count). The van der Waals surface area contributed by atoms with E-state index < -0.39 is 20.2 Å². The minimum Gasteiger partial charge on any atom is -0.497 e. The van der Waals surface area contributed by atoms with Crippen LogP contribution in [0.5, 0.6) is 5.75 Å². The van der Waals surface area contributed by atoms with Gasteiger partial charge in [0, 0.05) is 29.5 Å². The van der Waals surface area contributed by atoms with Gasteiger partial charge < -0.3 is 14.1 Å². The van der Waals surface area contributed by atoms with E-state index in [0.29, 0.717) is 24.6 Å². The van der Waals surface area contributed by atoms with Crippen molar-refractivity contribution < 1.29 is 39.7 Å². The third-order valence-electron chi connectivity index (χ3n) is 5.78. The molecule has 196 valence electrons. The fourth-order valence-electron chi connectivity index (χ4n) is 3.93. The average Bonchev–Trinajstić information content (AvgIpc) is 3.38. The summed E-state index contributed by atoms with van der Waals surface area (Å²) in [5.74, 6) is 0.713. The predicted molar refractivity (Wildman–Crippen MR) is 140 cm³/mol. The SMILES string of the molecule is COc1ccc2c(c1)N(CCCS(=O)(=O)O)C(=Cc1sc3c(C)c(C)oc3[n+]1CCCS(=O)(=O)O)S2. The number of rotatable bonds is 10. The van der Waals surface area contributed by atoms with Crippen LogP contribution in [0, 0.1) is 13.8 Å². The molecule has 0 fully saturated rings. The lowest BCUT2D eigenvalue weighted by Crippen LogP contribution is -2.36. The number of anilines is 1. The molecule has 2 aromatic heterocycles. The average molecular weight is 576 g/mol. The first kappa shape index (κ1) is 26.9. The van der Waals surface area contributed by atoms with E-state index in [9.17, 15) is 25.9 Å². The van der Waals surface area contributed by atoms with Crippen molar-refractivity contribution in [3.63, 3.8) is 0 Å². The fourth-order valence-corrected chi connectivity index (χ4v) is 7.29. The first-order chi connectivity index (χ1) is 16.9. The summed E-state index contributed by atoms with van der Waals surface area (Å²) >= 11 is 3.03. The van der Waals surface area contributed by atoms with Crippen LogP contribution in [-0.2, 0) is 26.8 Å². The smallest absolute Gasteiger partial charge is 0.392 e. The van der Waals surface area contributed by atoms with Crippen molar-refractivity contribution in [3.8, 4) is 5.75 Å². The Balaban J connectivity index is 1.74. The highest BCUT2D eigenvalue weighted by atomic mass is 32.2. The normalized spacial score (nSPS) is 15.2. The van der Waals surface area contributed by atoms with Crippen LogP contribution in [-0.4, -0.2) is 51.1 Å². The van der Waals surface area contributed by atoms with Gasteiger partial charge in [0.05, 0.1) is 35.4 Å². The fraction of sp³-hybridized carbons (Fsp3) is 0.409. The summed E-state index contributed by atoms with van der Waals surface area (Å²) < 4.78 is 77.7. The molecular formula is C22H27N2O8S4+. The molecule has 1 aliphatic heterocycles. The largest absolute Gasteiger partial charge is 0.497 e. The summed E-state index contributed by atoms with van der Waals surface area (Å²) in [5.41, 5.74) is 2.50. The van der Waals surface area contributed by atoms with Crippen LogP contribution in [0.3, 0.4) is 0 Å². The van der Waals surface area contributed by atoms with Gasteiger partial charge in [-0.3, -0.25) is 9.11 Å². The number of nitrogens with zero attached hydrogens (tertiary/aromatic N) is 2. The van der Waals surface area contributed by atoms with Crippen molar-refractivity contribution in [1.29, 1.82) is 0 Å². The second-order valence-electron chi connectivity index (χ2n) is 8.36. The number of methoxy groups -OCH3 is 1. The van der Waals surface area contributed by atoms with Crippen molar-refractivity contribution in [1.82, 2.24) is 0 Å². The lowest BCUT2D eigenvalue weighted by atomic mass is 10.2. The van der Waals surface area contributed by atoms with Gasteiger partial charge in [-0.15, -0.1) is 4.57 Å². The van der Waals surface area contributed by atoms with E-state index in [2.05, 4.69) is 0 Å².